The molecule has 0 aliphatic carbocycles. The van der Waals surface area contributed by atoms with Gasteiger partial charge in [-0.3, -0.25) is 5.32 Å². The average Bonchev–Trinajstić information content (AvgIpc) is 3.09. The van der Waals surface area contributed by atoms with Crippen LogP contribution < -0.4 is 10.1 Å². The Morgan fingerprint density at radius 1 is 1.24 bits per heavy atom. The maximum Gasteiger partial charge on any atom is 0.342 e. The molecular formula is C17H20N4O4. The van der Waals surface area contributed by atoms with Gasteiger partial charge in [-0.2, -0.15) is 10.1 Å². The molecule has 1 aromatic carbocycles. The lowest BCUT2D eigenvalue weighted by Gasteiger charge is -2.28. The van der Waals surface area contributed by atoms with Crippen LogP contribution in [0.5, 0.6) is 5.75 Å². The maximum absolute atomic E-state index is 12.6. The van der Waals surface area contributed by atoms with E-state index in [2.05, 4.69) is 15.4 Å². The maximum atomic E-state index is 12.6. The minimum Gasteiger partial charge on any atom is -0.497 e. The molecule has 0 bridgehead atoms. The van der Waals surface area contributed by atoms with Crippen LogP contribution in [-0.2, 0) is 14.3 Å². The summed E-state index contributed by atoms with van der Waals surface area (Å²) < 4.78 is 17.7. The van der Waals surface area contributed by atoms with Crippen LogP contribution in [0, 0.1) is 0 Å². The molecule has 0 radical (unpaired) electrons. The van der Waals surface area contributed by atoms with Gasteiger partial charge in [0.15, 0.2) is 0 Å². The number of aromatic nitrogens is 3. The fourth-order valence-electron chi connectivity index (χ4n) is 2.71. The van der Waals surface area contributed by atoms with E-state index in [9.17, 15) is 4.79 Å². The number of rotatable bonds is 6. The normalized spacial score (nSPS) is 16.0. The summed E-state index contributed by atoms with van der Waals surface area (Å²) >= 11 is 0. The van der Waals surface area contributed by atoms with E-state index in [0.717, 1.165) is 11.3 Å². The van der Waals surface area contributed by atoms with Crippen LogP contribution in [-0.4, -0.2) is 41.1 Å². The number of methoxy groups -OCH3 is 1. The molecule has 8 heteroatoms. The molecule has 0 saturated heterocycles. The fourth-order valence-corrected chi connectivity index (χ4v) is 2.71. The molecule has 1 atom stereocenters. The molecule has 1 aliphatic heterocycles. The summed E-state index contributed by atoms with van der Waals surface area (Å²) in [5.74, 6) is 1.10. The van der Waals surface area contributed by atoms with Crippen molar-refractivity contribution in [1.82, 2.24) is 14.8 Å². The summed E-state index contributed by atoms with van der Waals surface area (Å²) in [7, 11) is 1.60. The van der Waals surface area contributed by atoms with Crippen LogP contribution in [0.3, 0.4) is 0 Å². The molecule has 0 amide bonds. The Morgan fingerprint density at radius 3 is 2.64 bits per heavy atom. The van der Waals surface area contributed by atoms with Crippen molar-refractivity contribution in [2.24, 2.45) is 0 Å². The van der Waals surface area contributed by atoms with E-state index in [4.69, 9.17) is 14.2 Å². The molecule has 3 rings (SSSR count). The predicted octanol–water partition coefficient (Wildman–Crippen LogP) is 2.11. The number of ether oxygens (including phenoxy) is 3. The summed E-state index contributed by atoms with van der Waals surface area (Å²) in [6.45, 7) is 4.27. The number of benzene rings is 1. The SMILES string of the molecule is CCOC(=O)C1=C(OCC)Nc2ncnn2C1c1ccc(OC)cc1. The van der Waals surface area contributed by atoms with Gasteiger partial charge < -0.3 is 14.2 Å². The third-order valence-electron chi connectivity index (χ3n) is 3.78. The first-order valence-corrected chi connectivity index (χ1v) is 8.04. The Morgan fingerprint density at radius 2 is 2.00 bits per heavy atom. The molecule has 1 aliphatic rings. The van der Waals surface area contributed by atoms with Crippen molar-refractivity contribution in [3.05, 3.63) is 47.6 Å². The molecule has 1 unspecified atom stereocenters. The minimum absolute atomic E-state index is 0.265. The zero-order valence-corrected chi connectivity index (χ0v) is 14.4. The summed E-state index contributed by atoms with van der Waals surface area (Å²) in [6.07, 6.45) is 1.43. The van der Waals surface area contributed by atoms with E-state index in [0.29, 0.717) is 24.0 Å². The number of esters is 1. The van der Waals surface area contributed by atoms with Gasteiger partial charge in [-0.25, -0.2) is 9.48 Å². The highest BCUT2D eigenvalue weighted by molar-refractivity contribution is 5.92. The first kappa shape index (κ1) is 16.8. The lowest BCUT2D eigenvalue weighted by Crippen LogP contribution is -2.31. The zero-order chi connectivity index (χ0) is 17.8. The van der Waals surface area contributed by atoms with Gasteiger partial charge in [0.2, 0.25) is 11.8 Å². The number of nitrogens with one attached hydrogen (secondary N) is 1. The van der Waals surface area contributed by atoms with E-state index >= 15 is 0 Å². The summed E-state index contributed by atoms with van der Waals surface area (Å²) in [6, 6.07) is 6.91. The number of hydrogen-bond acceptors (Lipinski definition) is 7. The van der Waals surface area contributed by atoms with Gasteiger partial charge in [0, 0.05) is 0 Å². The molecule has 1 aromatic heterocycles. The van der Waals surface area contributed by atoms with Crippen LogP contribution in [0.25, 0.3) is 0 Å². The molecule has 2 aromatic rings. The molecule has 0 fully saturated rings. The number of anilines is 1. The van der Waals surface area contributed by atoms with Crippen molar-refractivity contribution >= 4 is 11.9 Å². The van der Waals surface area contributed by atoms with Crippen molar-refractivity contribution < 1.29 is 19.0 Å². The van der Waals surface area contributed by atoms with Gasteiger partial charge in [-0.05, 0) is 31.5 Å². The van der Waals surface area contributed by atoms with Crippen LogP contribution in [0.1, 0.15) is 25.5 Å². The number of carbonyl (C=O) groups is 1. The largest absolute Gasteiger partial charge is 0.497 e. The van der Waals surface area contributed by atoms with Crippen molar-refractivity contribution in [2.45, 2.75) is 19.9 Å². The van der Waals surface area contributed by atoms with E-state index in [-0.39, 0.29) is 6.61 Å². The number of carbonyl (C=O) groups excluding carboxylic acids is 1. The molecule has 0 spiro atoms. The van der Waals surface area contributed by atoms with Crippen molar-refractivity contribution in [3.8, 4) is 5.75 Å². The van der Waals surface area contributed by atoms with E-state index < -0.39 is 12.0 Å². The molecular weight excluding hydrogens is 324 g/mol. The Kier molecular flexibility index (Phi) is 4.87. The van der Waals surface area contributed by atoms with Gasteiger partial charge in [0.25, 0.3) is 0 Å². The third-order valence-corrected chi connectivity index (χ3v) is 3.78. The predicted molar refractivity (Wildman–Crippen MR) is 90.1 cm³/mol. The van der Waals surface area contributed by atoms with Crippen LogP contribution in [0.15, 0.2) is 42.0 Å². The van der Waals surface area contributed by atoms with Gasteiger partial charge in [-0.15, -0.1) is 0 Å². The molecule has 8 nitrogen and oxygen atoms in total. The van der Waals surface area contributed by atoms with Gasteiger partial charge in [-0.1, -0.05) is 12.1 Å². The van der Waals surface area contributed by atoms with E-state index in [1.807, 2.05) is 31.2 Å². The number of hydrogen-bond donors (Lipinski definition) is 1. The molecule has 132 valence electrons. The smallest absolute Gasteiger partial charge is 0.342 e. The average molecular weight is 344 g/mol. The fraction of sp³-hybridized carbons (Fsp3) is 0.353. The quantitative estimate of drug-likeness (QED) is 0.803. The number of nitrogens with zero attached hydrogens (tertiary/aromatic N) is 3. The molecule has 25 heavy (non-hydrogen) atoms. The standard InChI is InChI=1S/C17H20N4O4/c1-4-24-15-13(16(22)25-5-2)14(21-17(20-15)18-10-19-21)11-6-8-12(23-3)9-7-11/h6-10,14H,4-5H2,1-3H3,(H,18,19,20). The first-order valence-electron chi connectivity index (χ1n) is 8.04. The summed E-state index contributed by atoms with van der Waals surface area (Å²) in [4.78, 5) is 16.8. The van der Waals surface area contributed by atoms with Gasteiger partial charge >= 0.3 is 5.97 Å². The Hall–Kier alpha value is -3.03. The van der Waals surface area contributed by atoms with Crippen molar-refractivity contribution in [1.29, 1.82) is 0 Å². The third kappa shape index (κ3) is 3.15. The lowest BCUT2D eigenvalue weighted by molar-refractivity contribution is -0.139. The Balaban J connectivity index is 2.13. The van der Waals surface area contributed by atoms with E-state index in [1.54, 1.807) is 18.7 Å². The lowest BCUT2D eigenvalue weighted by atomic mass is 9.97. The summed E-state index contributed by atoms with van der Waals surface area (Å²) in [5, 5.41) is 7.27. The second-order valence-corrected chi connectivity index (χ2v) is 5.23. The van der Waals surface area contributed by atoms with Gasteiger partial charge in [0.1, 0.15) is 23.7 Å². The molecule has 0 saturated carbocycles. The van der Waals surface area contributed by atoms with Crippen molar-refractivity contribution in [3.63, 3.8) is 0 Å². The molecule has 1 N–H and O–H groups in total. The highest BCUT2D eigenvalue weighted by Gasteiger charge is 2.36. The van der Waals surface area contributed by atoms with Crippen LogP contribution in [0.2, 0.25) is 0 Å². The topological polar surface area (TPSA) is 87.5 Å². The van der Waals surface area contributed by atoms with Gasteiger partial charge in [0.05, 0.1) is 20.3 Å². The zero-order valence-electron chi connectivity index (χ0n) is 14.4. The Labute approximate surface area is 145 Å². The highest BCUT2D eigenvalue weighted by Crippen LogP contribution is 2.36. The van der Waals surface area contributed by atoms with Crippen molar-refractivity contribution in [2.75, 3.05) is 25.6 Å². The summed E-state index contributed by atoms with van der Waals surface area (Å²) in [5.41, 5.74) is 1.20. The second kappa shape index (κ2) is 7.25. The Bertz CT molecular complexity index is 782. The highest BCUT2D eigenvalue weighted by atomic mass is 16.5. The molecule has 2 heterocycles. The van der Waals surface area contributed by atoms with Crippen LogP contribution in [0.4, 0.5) is 5.95 Å². The first-order chi connectivity index (χ1) is 12.2. The van der Waals surface area contributed by atoms with Crippen LogP contribution >= 0.6 is 0 Å². The second-order valence-electron chi connectivity index (χ2n) is 5.23. The monoisotopic (exact) mass is 344 g/mol. The van der Waals surface area contributed by atoms with E-state index in [1.165, 1.54) is 6.33 Å². The minimum atomic E-state index is -0.509. The number of fused-ring (bicyclic) bond motifs is 1.